The minimum absolute atomic E-state index is 0.596. The van der Waals surface area contributed by atoms with Crippen molar-refractivity contribution in [2.45, 2.75) is 20.0 Å². The molecule has 2 aromatic rings. The average Bonchev–Trinajstić information content (AvgIpc) is 3.09. The summed E-state index contributed by atoms with van der Waals surface area (Å²) in [6.45, 7) is 7.54. The minimum atomic E-state index is 0.596. The van der Waals surface area contributed by atoms with E-state index in [4.69, 9.17) is 10.5 Å². The van der Waals surface area contributed by atoms with E-state index >= 15 is 0 Å². The lowest BCUT2D eigenvalue weighted by Gasteiger charge is -2.26. The van der Waals surface area contributed by atoms with Gasteiger partial charge in [0.15, 0.2) is 0 Å². The van der Waals surface area contributed by atoms with Crippen molar-refractivity contribution in [1.29, 1.82) is 0 Å². The number of hydrogen-bond acceptors (Lipinski definition) is 4. The number of rotatable bonds is 4. The molecule has 0 unspecified atom stereocenters. The minimum Gasteiger partial charge on any atom is -0.379 e. The van der Waals surface area contributed by atoms with Crippen molar-refractivity contribution < 1.29 is 4.74 Å². The van der Waals surface area contributed by atoms with Crippen LogP contribution < -0.4 is 5.73 Å². The summed E-state index contributed by atoms with van der Waals surface area (Å²) in [4.78, 5) is 3.89. The molecular formula is C15H21N3OS. The van der Waals surface area contributed by atoms with Gasteiger partial charge in [-0.3, -0.25) is 4.90 Å². The Morgan fingerprint density at radius 2 is 1.95 bits per heavy atom. The van der Waals surface area contributed by atoms with Crippen LogP contribution in [0.15, 0.2) is 24.5 Å². The fourth-order valence-corrected chi connectivity index (χ4v) is 3.96. The predicted molar refractivity (Wildman–Crippen MR) is 82.4 cm³/mol. The van der Waals surface area contributed by atoms with E-state index in [9.17, 15) is 0 Å². The van der Waals surface area contributed by atoms with Crippen LogP contribution in [-0.2, 0) is 17.8 Å². The van der Waals surface area contributed by atoms with Crippen molar-refractivity contribution in [2.24, 2.45) is 5.73 Å². The summed E-state index contributed by atoms with van der Waals surface area (Å²) in [5.41, 5.74) is 8.59. The molecule has 2 N–H and O–H groups in total. The zero-order valence-electron chi connectivity index (χ0n) is 11.8. The molecule has 1 saturated heterocycles. The first-order valence-corrected chi connectivity index (χ1v) is 7.86. The first-order valence-electron chi connectivity index (χ1n) is 7.04. The Bertz CT molecular complexity index is 556. The summed E-state index contributed by atoms with van der Waals surface area (Å²) in [5, 5.41) is 1.26. The number of hydrogen-bond donors (Lipinski definition) is 1. The number of aromatic nitrogens is 1. The van der Waals surface area contributed by atoms with Gasteiger partial charge in [-0.1, -0.05) is 0 Å². The molecule has 1 fully saturated rings. The van der Waals surface area contributed by atoms with E-state index in [2.05, 4.69) is 40.9 Å². The highest BCUT2D eigenvalue weighted by atomic mass is 32.1. The quantitative estimate of drug-likeness (QED) is 0.938. The fraction of sp³-hybridized carbons (Fsp3) is 0.467. The molecule has 5 heteroatoms. The molecule has 20 heavy (non-hydrogen) atoms. The molecule has 108 valence electrons. The first-order chi connectivity index (χ1) is 9.79. The second-order valence-electron chi connectivity index (χ2n) is 5.12. The highest BCUT2D eigenvalue weighted by Gasteiger charge is 2.18. The molecule has 4 nitrogen and oxygen atoms in total. The lowest BCUT2D eigenvalue weighted by Crippen LogP contribution is -2.35. The number of thiophene rings is 1. The number of ether oxygens (including phenoxy) is 1. The van der Waals surface area contributed by atoms with E-state index in [1.807, 2.05) is 11.3 Å². The van der Waals surface area contributed by atoms with Crippen LogP contribution in [0.1, 0.15) is 16.0 Å². The highest BCUT2D eigenvalue weighted by Crippen LogP contribution is 2.32. The second kappa shape index (κ2) is 6.10. The first kappa shape index (κ1) is 13.8. The van der Waals surface area contributed by atoms with Crippen molar-refractivity contribution in [3.63, 3.8) is 0 Å². The van der Waals surface area contributed by atoms with Gasteiger partial charge >= 0.3 is 0 Å². The Labute approximate surface area is 123 Å². The van der Waals surface area contributed by atoms with E-state index < -0.39 is 0 Å². The third kappa shape index (κ3) is 2.67. The van der Waals surface area contributed by atoms with Gasteiger partial charge in [0.2, 0.25) is 0 Å². The predicted octanol–water partition coefficient (Wildman–Crippen LogP) is 2.14. The van der Waals surface area contributed by atoms with Crippen LogP contribution in [0.5, 0.6) is 0 Å². The molecule has 0 radical (unpaired) electrons. The Hall–Kier alpha value is -1.14. The van der Waals surface area contributed by atoms with Crippen LogP contribution in [0.25, 0.3) is 5.00 Å². The van der Waals surface area contributed by atoms with Crippen LogP contribution in [-0.4, -0.2) is 35.8 Å². The summed E-state index contributed by atoms with van der Waals surface area (Å²) in [6.07, 6.45) is 4.17. The van der Waals surface area contributed by atoms with Gasteiger partial charge in [0.25, 0.3) is 0 Å². The van der Waals surface area contributed by atoms with E-state index in [-0.39, 0.29) is 0 Å². The van der Waals surface area contributed by atoms with Crippen molar-refractivity contribution in [3.8, 4) is 5.00 Å². The van der Waals surface area contributed by atoms with Crippen molar-refractivity contribution in [3.05, 3.63) is 40.5 Å². The van der Waals surface area contributed by atoms with Crippen molar-refractivity contribution >= 4 is 11.3 Å². The average molecular weight is 291 g/mol. The van der Waals surface area contributed by atoms with Gasteiger partial charge in [-0.05, 0) is 24.6 Å². The largest absolute Gasteiger partial charge is 0.379 e. The van der Waals surface area contributed by atoms with E-state index in [0.29, 0.717) is 6.54 Å². The molecule has 0 spiro atoms. The maximum atomic E-state index is 5.96. The molecule has 0 saturated carbocycles. The van der Waals surface area contributed by atoms with Crippen LogP contribution in [0, 0.1) is 6.92 Å². The zero-order valence-corrected chi connectivity index (χ0v) is 12.7. The van der Waals surface area contributed by atoms with Gasteiger partial charge in [0.1, 0.15) is 5.00 Å². The number of nitrogens with zero attached hydrogens (tertiary/aromatic N) is 2. The topological polar surface area (TPSA) is 43.4 Å². The summed E-state index contributed by atoms with van der Waals surface area (Å²) >= 11 is 1.86. The van der Waals surface area contributed by atoms with Crippen LogP contribution in [0.2, 0.25) is 0 Å². The Morgan fingerprint density at radius 3 is 2.60 bits per heavy atom. The normalized spacial score (nSPS) is 16.7. The van der Waals surface area contributed by atoms with Gasteiger partial charge in [-0.15, -0.1) is 11.3 Å². The third-order valence-electron chi connectivity index (χ3n) is 3.86. The standard InChI is InChI=1S/C15H21N3OS/c1-12-13(10-16)15(18-4-2-3-5-18)20-14(12)11-17-6-8-19-9-7-17/h2-5H,6-11,16H2,1H3. The van der Waals surface area contributed by atoms with Crippen molar-refractivity contribution in [2.75, 3.05) is 26.3 Å². The van der Waals surface area contributed by atoms with Crippen LogP contribution in [0.4, 0.5) is 0 Å². The molecular weight excluding hydrogens is 270 g/mol. The summed E-state index contributed by atoms with van der Waals surface area (Å²) in [7, 11) is 0. The molecule has 0 atom stereocenters. The summed E-state index contributed by atoms with van der Waals surface area (Å²) in [6, 6.07) is 4.11. The third-order valence-corrected chi connectivity index (χ3v) is 5.20. The smallest absolute Gasteiger partial charge is 0.104 e. The maximum absolute atomic E-state index is 5.96. The molecule has 3 rings (SSSR count). The molecule has 0 amide bonds. The highest BCUT2D eigenvalue weighted by molar-refractivity contribution is 7.14. The Kier molecular flexibility index (Phi) is 4.21. The number of nitrogens with two attached hydrogens (primary N) is 1. The Balaban J connectivity index is 1.87. The lowest BCUT2D eigenvalue weighted by molar-refractivity contribution is 0.0345. The molecule has 2 aromatic heterocycles. The maximum Gasteiger partial charge on any atom is 0.104 e. The van der Waals surface area contributed by atoms with Gasteiger partial charge in [-0.2, -0.15) is 0 Å². The van der Waals surface area contributed by atoms with Gasteiger partial charge in [0, 0.05) is 49.0 Å². The Morgan fingerprint density at radius 1 is 1.25 bits per heavy atom. The van der Waals surface area contributed by atoms with E-state index in [1.54, 1.807) is 0 Å². The molecule has 3 heterocycles. The van der Waals surface area contributed by atoms with E-state index in [0.717, 1.165) is 32.8 Å². The van der Waals surface area contributed by atoms with Gasteiger partial charge in [-0.25, -0.2) is 0 Å². The van der Waals surface area contributed by atoms with E-state index in [1.165, 1.54) is 21.0 Å². The SMILES string of the molecule is Cc1c(CN2CCOCC2)sc(-n2cccc2)c1CN. The van der Waals surface area contributed by atoms with Crippen LogP contribution in [0.3, 0.4) is 0 Å². The summed E-state index contributed by atoms with van der Waals surface area (Å²) in [5.74, 6) is 0. The zero-order chi connectivity index (χ0) is 13.9. The molecule has 1 aliphatic rings. The van der Waals surface area contributed by atoms with Crippen molar-refractivity contribution in [1.82, 2.24) is 9.47 Å². The monoisotopic (exact) mass is 291 g/mol. The number of morpholine rings is 1. The lowest BCUT2D eigenvalue weighted by atomic mass is 10.1. The molecule has 0 aliphatic carbocycles. The molecule has 0 aromatic carbocycles. The molecule has 1 aliphatic heterocycles. The second-order valence-corrected chi connectivity index (χ2v) is 6.20. The summed E-state index contributed by atoms with van der Waals surface area (Å²) < 4.78 is 7.58. The van der Waals surface area contributed by atoms with Crippen LogP contribution >= 0.6 is 11.3 Å². The van der Waals surface area contributed by atoms with Gasteiger partial charge < -0.3 is 15.0 Å². The van der Waals surface area contributed by atoms with Gasteiger partial charge in [0.05, 0.1) is 13.2 Å². The fourth-order valence-electron chi connectivity index (χ4n) is 2.62. The molecule has 0 bridgehead atoms.